The van der Waals surface area contributed by atoms with E-state index in [1.807, 2.05) is 13.2 Å². The largest absolute Gasteiger partial charge is 0.320 e. The molecule has 1 saturated carbocycles. The first-order chi connectivity index (χ1) is 6.70. The standard InChI is InChI=1S/C10H13N3O/c1-3-9(14)11-8-6-13(2)12-10(8)7-4-5-7/h3,6-7H,1,4-5H2,2H3,(H,11,14). The Balaban J connectivity index is 2.22. The molecule has 1 heterocycles. The third kappa shape index (κ3) is 1.69. The minimum Gasteiger partial charge on any atom is -0.320 e. The quantitative estimate of drug-likeness (QED) is 0.734. The molecular weight excluding hydrogens is 178 g/mol. The van der Waals surface area contributed by atoms with Gasteiger partial charge in [0, 0.05) is 19.2 Å². The summed E-state index contributed by atoms with van der Waals surface area (Å²) < 4.78 is 1.73. The van der Waals surface area contributed by atoms with Gasteiger partial charge in [0.2, 0.25) is 5.91 Å². The third-order valence-electron chi connectivity index (χ3n) is 2.26. The molecule has 0 radical (unpaired) electrons. The van der Waals surface area contributed by atoms with Gasteiger partial charge >= 0.3 is 0 Å². The van der Waals surface area contributed by atoms with Gasteiger partial charge in [0.25, 0.3) is 0 Å². The fraction of sp³-hybridized carbons (Fsp3) is 0.400. The SMILES string of the molecule is C=CC(=O)Nc1cn(C)nc1C1CC1. The van der Waals surface area contributed by atoms with Crippen molar-refractivity contribution in [2.75, 3.05) is 5.32 Å². The maximum atomic E-state index is 11.1. The highest BCUT2D eigenvalue weighted by Gasteiger charge is 2.29. The number of carbonyl (C=O) groups is 1. The minimum absolute atomic E-state index is 0.181. The lowest BCUT2D eigenvalue weighted by atomic mass is 10.2. The highest BCUT2D eigenvalue weighted by atomic mass is 16.1. The number of carbonyl (C=O) groups excluding carboxylic acids is 1. The lowest BCUT2D eigenvalue weighted by Gasteiger charge is -1.99. The maximum absolute atomic E-state index is 11.1. The van der Waals surface area contributed by atoms with Crippen LogP contribution in [0.1, 0.15) is 24.5 Å². The maximum Gasteiger partial charge on any atom is 0.247 e. The molecule has 2 rings (SSSR count). The number of aryl methyl sites for hydroxylation is 1. The number of amides is 1. The topological polar surface area (TPSA) is 46.9 Å². The number of nitrogens with zero attached hydrogens (tertiary/aromatic N) is 2. The van der Waals surface area contributed by atoms with E-state index in [1.165, 1.54) is 18.9 Å². The summed E-state index contributed by atoms with van der Waals surface area (Å²) in [5.74, 6) is 0.358. The number of anilines is 1. The molecule has 1 aromatic rings. The lowest BCUT2D eigenvalue weighted by molar-refractivity contribution is -0.111. The molecule has 1 aromatic heterocycles. The van der Waals surface area contributed by atoms with Crippen molar-refractivity contribution in [1.29, 1.82) is 0 Å². The minimum atomic E-state index is -0.181. The molecule has 4 heteroatoms. The van der Waals surface area contributed by atoms with Gasteiger partial charge in [0.1, 0.15) is 0 Å². The van der Waals surface area contributed by atoms with Crippen LogP contribution < -0.4 is 5.32 Å². The van der Waals surface area contributed by atoms with Crippen LogP contribution in [0.2, 0.25) is 0 Å². The van der Waals surface area contributed by atoms with Gasteiger partial charge < -0.3 is 5.32 Å². The second kappa shape index (κ2) is 3.29. The third-order valence-corrected chi connectivity index (χ3v) is 2.26. The Labute approximate surface area is 82.6 Å². The Bertz CT molecular complexity index is 377. The molecule has 1 aliphatic carbocycles. The van der Waals surface area contributed by atoms with E-state index in [4.69, 9.17) is 0 Å². The van der Waals surface area contributed by atoms with Crippen molar-refractivity contribution in [3.63, 3.8) is 0 Å². The monoisotopic (exact) mass is 191 g/mol. The van der Waals surface area contributed by atoms with Crippen LogP contribution in [-0.4, -0.2) is 15.7 Å². The van der Waals surface area contributed by atoms with Crippen LogP contribution in [0, 0.1) is 0 Å². The van der Waals surface area contributed by atoms with Crippen molar-refractivity contribution >= 4 is 11.6 Å². The van der Waals surface area contributed by atoms with Gasteiger partial charge in [-0.15, -0.1) is 0 Å². The van der Waals surface area contributed by atoms with E-state index in [0.29, 0.717) is 5.92 Å². The predicted molar refractivity (Wildman–Crippen MR) is 54.0 cm³/mol. The Morgan fingerprint density at radius 1 is 1.79 bits per heavy atom. The van der Waals surface area contributed by atoms with Gasteiger partial charge in [-0.25, -0.2) is 0 Å². The van der Waals surface area contributed by atoms with Crippen molar-refractivity contribution in [2.24, 2.45) is 7.05 Å². The summed E-state index contributed by atoms with van der Waals surface area (Å²) in [6.45, 7) is 3.41. The smallest absolute Gasteiger partial charge is 0.247 e. The van der Waals surface area contributed by atoms with E-state index in [2.05, 4.69) is 17.0 Å². The lowest BCUT2D eigenvalue weighted by Crippen LogP contribution is -2.08. The first-order valence-electron chi connectivity index (χ1n) is 4.67. The highest BCUT2D eigenvalue weighted by Crippen LogP contribution is 2.42. The average molecular weight is 191 g/mol. The number of rotatable bonds is 3. The van der Waals surface area contributed by atoms with Crippen LogP contribution >= 0.6 is 0 Å². The van der Waals surface area contributed by atoms with E-state index in [9.17, 15) is 4.79 Å². The van der Waals surface area contributed by atoms with E-state index in [-0.39, 0.29) is 5.91 Å². The fourth-order valence-corrected chi connectivity index (χ4v) is 1.44. The first kappa shape index (κ1) is 8.99. The van der Waals surface area contributed by atoms with E-state index in [0.717, 1.165) is 11.4 Å². The van der Waals surface area contributed by atoms with Gasteiger partial charge in [-0.2, -0.15) is 5.10 Å². The Hall–Kier alpha value is -1.58. The number of hydrogen-bond donors (Lipinski definition) is 1. The van der Waals surface area contributed by atoms with Crippen LogP contribution in [0.25, 0.3) is 0 Å². The Kier molecular flexibility index (Phi) is 2.11. The molecule has 0 spiro atoms. The Morgan fingerprint density at radius 3 is 3.07 bits per heavy atom. The summed E-state index contributed by atoms with van der Waals surface area (Å²) in [5.41, 5.74) is 1.82. The molecule has 1 N–H and O–H groups in total. The van der Waals surface area contributed by atoms with Gasteiger partial charge in [0.15, 0.2) is 0 Å². The predicted octanol–water partition coefficient (Wildman–Crippen LogP) is 1.42. The highest BCUT2D eigenvalue weighted by molar-refractivity contribution is 5.99. The second-order valence-electron chi connectivity index (χ2n) is 3.57. The summed E-state index contributed by atoms with van der Waals surface area (Å²) in [4.78, 5) is 11.1. The molecule has 4 nitrogen and oxygen atoms in total. The molecule has 14 heavy (non-hydrogen) atoms. The molecular formula is C10H13N3O. The number of nitrogens with one attached hydrogen (secondary N) is 1. The average Bonchev–Trinajstić information content (AvgIpc) is 2.92. The van der Waals surface area contributed by atoms with Crippen LogP contribution in [0.5, 0.6) is 0 Å². The van der Waals surface area contributed by atoms with Crippen LogP contribution in [0.3, 0.4) is 0 Å². The van der Waals surface area contributed by atoms with Crippen molar-refractivity contribution in [3.8, 4) is 0 Å². The van der Waals surface area contributed by atoms with E-state index >= 15 is 0 Å². The Morgan fingerprint density at radius 2 is 2.50 bits per heavy atom. The van der Waals surface area contributed by atoms with Crippen molar-refractivity contribution < 1.29 is 4.79 Å². The molecule has 0 atom stereocenters. The van der Waals surface area contributed by atoms with Crippen molar-refractivity contribution in [1.82, 2.24) is 9.78 Å². The summed E-state index contributed by atoms with van der Waals surface area (Å²) in [6.07, 6.45) is 5.45. The second-order valence-corrected chi connectivity index (χ2v) is 3.57. The molecule has 1 amide bonds. The molecule has 1 fully saturated rings. The zero-order valence-electron chi connectivity index (χ0n) is 8.16. The fourth-order valence-electron chi connectivity index (χ4n) is 1.44. The molecule has 0 aliphatic heterocycles. The van der Waals surface area contributed by atoms with Crippen LogP contribution in [0.15, 0.2) is 18.9 Å². The number of aromatic nitrogens is 2. The molecule has 0 unspecified atom stereocenters. The van der Waals surface area contributed by atoms with Crippen LogP contribution in [-0.2, 0) is 11.8 Å². The van der Waals surface area contributed by atoms with Gasteiger partial charge in [-0.3, -0.25) is 9.48 Å². The molecule has 74 valence electrons. The molecule has 1 aliphatic rings. The molecule has 0 bridgehead atoms. The van der Waals surface area contributed by atoms with Gasteiger partial charge in [-0.1, -0.05) is 6.58 Å². The van der Waals surface area contributed by atoms with Gasteiger partial charge in [0.05, 0.1) is 11.4 Å². The summed E-state index contributed by atoms with van der Waals surface area (Å²) >= 11 is 0. The molecule has 0 saturated heterocycles. The van der Waals surface area contributed by atoms with E-state index < -0.39 is 0 Å². The van der Waals surface area contributed by atoms with Crippen molar-refractivity contribution in [2.45, 2.75) is 18.8 Å². The van der Waals surface area contributed by atoms with E-state index in [1.54, 1.807) is 4.68 Å². The first-order valence-corrected chi connectivity index (χ1v) is 4.67. The van der Waals surface area contributed by atoms with Crippen LogP contribution in [0.4, 0.5) is 5.69 Å². The number of hydrogen-bond acceptors (Lipinski definition) is 2. The molecule has 0 aromatic carbocycles. The summed E-state index contributed by atoms with van der Waals surface area (Å²) in [5, 5.41) is 7.09. The summed E-state index contributed by atoms with van der Waals surface area (Å²) in [6, 6.07) is 0. The zero-order chi connectivity index (χ0) is 10.1. The summed E-state index contributed by atoms with van der Waals surface area (Å²) in [7, 11) is 1.86. The van der Waals surface area contributed by atoms with Gasteiger partial charge in [-0.05, 0) is 18.9 Å². The normalized spacial score (nSPS) is 15.2. The zero-order valence-corrected chi connectivity index (χ0v) is 8.16. The van der Waals surface area contributed by atoms with Crippen molar-refractivity contribution in [3.05, 3.63) is 24.5 Å².